The zero-order chi connectivity index (χ0) is 16.8. The quantitative estimate of drug-likeness (QED) is 0.800. The highest BCUT2D eigenvalue weighted by Gasteiger charge is 2.15. The molecule has 7 heteroatoms. The Morgan fingerprint density at radius 1 is 1.16 bits per heavy atom. The molecule has 0 fully saturated rings. The summed E-state index contributed by atoms with van der Waals surface area (Å²) >= 11 is 0. The van der Waals surface area contributed by atoms with Crippen LogP contribution in [0.5, 0.6) is 0 Å². The average molecular weight is 388 g/mol. The van der Waals surface area contributed by atoms with E-state index in [9.17, 15) is 9.18 Å². The number of rotatable bonds is 6. The summed E-state index contributed by atoms with van der Waals surface area (Å²) in [6.45, 7) is 0.831. The number of halogens is 3. The highest BCUT2D eigenvalue weighted by Crippen LogP contribution is 2.13. The number of hydrogen-bond donors (Lipinski definition) is 2. The van der Waals surface area contributed by atoms with E-state index in [0.717, 1.165) is 11.1 Å². The number of amides is 1. The third-order valence-electron chi connectivity index (χ3n) is 3.50. The molecule has 0 bridgehead atoms. The first-order chi connectivity index (χ1) is 11.0. The lowest BCUT2D eigenvalue weighted by Crippen LogP contribution is -2.33. The summed E-state index contributed by atoms with van der Waals surface area (Å²) in [4.78, 5) is 14.0. The molecular weight excluding hydrogens is 364 g/mol. The summed E-state index contributed by atoms with van der Waals surface area (Å²) in [5, 5.41) is 2.80. The van der Waals surface area contributed by atoms with Gasteiger partial charge in [0.15, 0.2) is 0 Å². The molecule has 0 radical (unpaired) electrons. The number of hydrogen-bond acceptors (Lipinski definition) is 3. The van der Waals surface area contributed by atoms with Gasteiger partial charge in [-0.2, -0.15) is 0 Å². The molecule has 1 unspecified atom stereocenters. The van der Waals surface area contributed by atoms with Crippen LogP contribution in [0.15, 0.2) is 48.5 Å². The molecular formula is C18H24Cl2FN3O. The minimum absolute atomic E-state index is 0. The molecule has 0 saturated carbocycles. The van der Waals surface area contributed by atoms with E-state index in [4.69, 9.17) is 5.73 Å². The van der Waals surface area contributed by atoms with Crippen LogP contribution >= 0.6 is 24.8 Å². The summed E-state index contributed by atoms with van der Waals surface area (Å²) in [6, 6.07) is 13.3. The van der Waals surface area contributed by atoms with Gasteiger partial charge in [-0.3, -0.25) is 4.79 Å². The van der Waals surface area contributed by atoms with Crippen LogP contribution in [0.1, 0.15) is 22.7 Å². The minimum Gasteiger partial charge on any atom is -0.350 e. The summed E-state index contributed by atoms with van der Waals surface area (Å²) < 4.78 is 13.7. The van der Waals surface area contributed by atoms with Gasteiger partial charge >= 0.3 is 0 Å². The van der Waals surface area contributed by atoms with E-state index in [1.165, 1.54) is 6.07 Å². The fourth-order valence-electron chi connectivity index (χ4n) is 2.31. The second-order valence-electron chi connectivity index (χ2n) is 5.77. The molecule has 0 aliphatic carbocycles. The fraction of sp³-hybridized carbons (Fsp3) is 0.278. The Balaban J connectivity index is 0.00000288. The molecule has 2 rings (SSSR count). The molecule has 4 nitrogen and oxygen atoms in total. The molecule has 2 aromatic carbocycles. The van der Waals surface area contributed by atoms with Crippen molar-refractivity contribution in [3.05, 3.63) is 71.0 Å². The zero-order valence-electron chi connectivity index (χ0n) is 14.2. The third kappa shape index (κ3) is 7.00. The van der Waals surface area contributed by atoms with Crippen LogP contribution in [-0.2, 0) is 17.9 Å². The van der Waals surface area contributed by atoms with Gasteiger partial charge in [0.05, 0.1) is 0 Å². The van der Waals surface area contributed by atoms with Crippen LogP contribution in [0.2, 0.25) is 0 Å². The summed E-state index contributed by atoms with van der Waals surface area (Å²) in [5.74, 6) is -0.496. The lowest BCUT2D eigenvalue weighted by atomic mass is 10.1. The number of nitrogens with two attached hydrogens (primary N) is 1. The van der Waals surface area contributed by atoms with Gasteiger partial charge in [-0.05, 0) is 37.4 Å². The van der Waals surface area contributed by atoms with Crippen molar-refractivity contribution in [2.24, 2.45) is 5.73 Å². The molecule has 0 heterocycles. The maximum Gasteiger partial charge on any atom is 0.241 e. The normalized spacial score (nSPS) is 11.2. The number of carbonyl (C=O) groups excluding carboxylic acids is 1. The van der Waals surface area contributed by atoms with Crippen LogP contribution in [0.4, 0.5) is 4.39 Å². The second kappa shape index (κ2) is 11.1. The van der Waals surface area contributed by atoms with Crippen molar-refractivity contribution >= 4 is 30.7 Å². The molecule has 138 valence electrons. The van der Waals surface area contributed by atoms with Crippen molar-refractivity contribution in [1.29, 1.82) is 0 Å². The Morgan fingerprint density at radius 2 is 1.80 bits per heavy atom. The van der Waals surface area contributed by atoms with E-state index in [2.05, 4.69) is 5.32 Å². The van der Waals surface area contributed by atoms with Crippen molar-refractivity contribution in [2.75, 3.05) is 14.1 Å². The van der Waals surface area contributed by atoms with E-state index >= 15 is 0 Å². The lowest BCUT2D eigenvalue weighted by Gasteiger charge is -2.14. The van der Waals surface area contributed by atoms with E-state index in [-0.39, 0.29) is 36.5 Å². The number of nitrogens with zero attached hydrogens (tertiary/aromatic N) is 1. The van der Waals surface area contributed by atoms with Gasteiger partial charge in [-0.15, -0.1) is 24.8 Å². The predicted octanol–water partition coefficient (Wildman–Crippen LogP) is 3.05. The summed E-state index contributed by atoms with van der Waals surface area (Å²) in [5.41, 5.74) is 8.16. The molecule has 0 aliphatic heterocycles. The topological polar surface area (TPSA) is 58.4 Å². The second-order valence-corrected chi connectivity index (χ2v) is 5.77. The van der Waals surface area contributed by atoms with Crippen molar-refractivity contribution in [3.63, 3.8) is 0 Å². The van der Waals surface area contributed by atoms with Gasteiger partial charge in [0, 0.05) is 18.7 Å². The first-order valence-corrected chi connectivity index (χ1v) is 7.47. The summed E-state index contributed by atoms with van der Waals surface area (Å²) in [6.07, 6.45) is 0. The Kier molecular flexibility index (Phi) is 10.3. The van der Waals surface area contributed by atoms with Crippen molar-refractivity contribution in [2.45, 2.75) is 19.1 Å². The molecule has 0 aliphatic rings. The Hall–Kier alpha value is -1.66. The van der Waals surface area contributed by atoms with Crippen molar-refractivity contribution in [3.8, 4) is 0 Å². The smallest absolute Gasteiger partial charge is 0.241 e. The van der Waals surface area contributed by atoms with Gasteiger partial charge in [-0.25, -0.2) is 4.39 Å². The standard InChI is InChI=1S/C18H22FN3O.2ClH/c1-22(2)12-15-10-13(8-9-16(15)19)11-21-18(23)17(20)14-6-4-3-5-7-14;;/h3-10,17H,11-12,20H2,1-2H3,(H,21,23);2*1H. The lowest BCUT2D eigenvalue weighted by molar-refractivity contribution is -0.122. The predicted molar refractivity (Wildman–Crippen MR) is 104 cm³/mol. The first-order valence-electron chi connectivity index (χ1n) is 7.47. The van der Waals surface area contributed by atoms with E-state index < -0.39 is 6.04 Å². The maximum atomic E-state index is 13.7. The van der Waals surface area contributed by atoms with Gasteiger partial charge in [0.25, 0.3) is 0 Å². The molecule has 0 saturated heterocycles. The highest BCUT2D eigenvalue weighted by molar-refractivity contribution is 5.85. The van der Waals surface area contributed by atoms with E-state index in [1.54, 1.807) is 12.1 Å². The Bertz CT molecular complexity index is 669. The van der Waals surface area contributed by atoms with Crippen molar-refractivity contribution in [1.82, 2.24) is 10.2 Å². The first kappa shape index (κ1) is 23.3. The highest BCUT2D eigenvalue weighted by atomic mass is 35.5. The molecule has 0 spiro atoms. The number of carbonyl (C=O) groups is 1. The molecule has 25 heavy (non-hydrogen) atoms. The monoisotopic (exact) mass is 387 g/mol. The Labute approximate surface area is 160 Å². The van der Waals surface area contributed by atoms with Crippen LogP contribution in [0.3, 0.4) is 0 Å². The number of nitrogens with one attached hydrogen (secondary N) is 1. The van der Waals surface area contributed by atoms with Gasteiger partial charge in [0.1, 0.15) is 11.9 Å². The minimum atomic E-state index is -0.710. The van der Waals surface area contributed by atoms with E-state index in [0.29, 0.717) is 18.7 Å². The fourth-order valence-corrected chi connectivity index (χ4v) is 2.31. The molecule has 1 atom stereocenters. The number of benzene rings is 2. The van der Waals surface area contributed by atoms with Crippen LogP contribution in [-0.4, -0.2) is 24.9 Å². The largest absolute Gasteiger partial charge is 0.350 e. The SMILES string of the molecule is CN(C)Cc1cc(CNC(=O)C(N)c2ccccc2)ccc1F.Cl.Cl. The molecule has 0 aromatic heterocycles. The molecule has 3 N–H and O–H groups in total. The van der Waals surface area contributed by atoms with E-state index in [1.807, 2.05) is 49.3 Å². The third-order valence-corrected chi connectivity index (χ3v) is 3.50. The van der Waals surface area contributed by atoms with Gasteiger partial charge in [-0.1, -0.05) is 36.4 Å². The van der Waals surface area contributed by atoms with Crippen LogP contribution in [0.25, 0.3) is 0 Å². The van der Waals surface area contributed by atoms with Gasteiger partial charge < -0.3 is 16.0 Å². The average Bonchev–Trinajstić information content (AvgIpc) is 2.55. The molecule has 1 amide bonds. The Morgan fingerprint density at radius 3 is 2.40 bits per heavy atom. The maximum absolute atomic E-state index is 13.7. The molecule has 2 aromatic rings. The summed E-state index contributed by atoms with van der Waals surface area (Å²) in [7, 11) is 3.76. The zero-order valence-corrected chi connectivity index (χ0v) is 15.9. The van der Waals surface area contributed by atoms with Crippen LogP contribution in [0, 0.1) is 5.82 Å². The van der Waals surface area contributed by atoms with Crippen molar-refractivity contribution < 1.29 is 9.18 Å². The van der Waals surface area contributed by atoms with Gasteiger partial charge in [0.2, 0.25) is 5.91 Å². The van der Waals surface area contributed by atoms with Crippen LogP contribution < -0.4 is 11.1 Å².